The maximum Gasteiger partial charge on any atom is 0.145 e. The van der Waals surface area contributed by atoms with E-state index in [1.165, 1.54) is 5.39 Å². The van der Waals surface area contributed by atoms with E-state index in [1.807, 2.05) is 42.5 Å². The molecule has 3 heteroatoms. The number of halogens is 1. The van der Waals surface area contributed by atoms with Crippen molar-refractivity contribution >= 4 is 33.4 Å². The summed E-state index contributed by atoms with van der Waals surface area (Å²) in [5, 5.41) is 3.08. The van der Waals surface area contributed by atoms with Crippen LogP contribution in [0.5, 0.6) is 0 Å². The summed E-state index contributed by atoms with van der Waals surface area (Å²) in [6.07, 6.45) is 0. The molecule has 0 amide bonds. The van der Waals surface area contributed by atoms with Gasteiger partial charge in [0.25, 0.3) is 0 Å². The number of rotatable bonds is 2. The van der Waals surface area contributed by atoms with Gasteiger partial charge in [-0.2, -0.15) is 0 Å². The Morgan fingerprint density at radius 3 is 2.23 bits per heavy atom. The van der Waals surface area contributed by atoms with Gasteiger partial charge in [0.05, 0.1) is 11.0 Å². The first-order valence-corrected chi connectivity index (χ1v) is 8.91. The fourth-order valence-electron chi connectivity index (χ4n) is 3.44. The molecule has 0 bridgehead atoms. The van der Waals surface area contributed by atoms with Crippen molar-refractivity contribution in [3.05, 3.63) is 96.0 Å². The van der Waals surface area contributed by atoms with E-state index in [4.69, 9.17) is 16.6 Å². The van der Waals surface area contributed by atoms with Crippen LogP contribution in [0.4, 0.5) is 0 Å². The smallest absolute Gasteiger partial charge is 0.145 e. The zero-order valence-electron chi connectivity index (χ0n) is 13.9. The third-order valence-corrected chi connectivity index (χ3v) is 4.92. The molecule has 0 radical (unpaired) electrons. The monoisotopic (exact) mass is 354 g/mol. The summed E-state index contributed by atoms with van der Waals surface area (Å²) in [6, 6.07) is 30.9. The van der Waals surface area contributed by atoms with Crippen molar-refractivity contribution in [3.8, 4) is 17.1 Å². The standard InChI is InChI=1S/C23H15ClN2/c24-18-13-10-17(11-14-18)23-25-22-20-9-5-4-6-16(20)12-15-21(22)26(23)19-7-2-1-3-8-19/h1-15H. The van der Waals surface area contributed by atoms with Crippen molar-refractivity contribution in [1.82, 2.24) is 9.55 Å². The molecule has 0 saturated carbocycles. The Morgan fingerprint density at radius 1 is 0.692 bits per heavy atom. The number of nitrogens with zero attached hydrogens (tertiary/aromatic N) is 2. The average molecular weight is 355 g/mol. The Kier molecular flexibility index (Phi) is 3.51. The van der Waals surface area contributed by atoms with Crippen LogP contribution in [0.3, 0.4) is 0 Å². The van der Waals surface area contributed by atoms with Gasteiger partial charge < -0.3 is 0 Å². The van der Waals surface area contributed by atoms with Crippen LogP contribution in [0.25, 0.3) is 38.9 Å². The Balaban J connectivity index is 1.90. The zero-order chi connectivity index (χ0) is 17.5. The number of imidazole rings is 1. The van der Waals surface area contributed by atoms with Crippen molar-refractivity contribution in [2.24, 2.45) is 0 Å². The molecule has 2 nitrogen and oxygen atoms in total. The number of hydrogen-bond acceptors (Lipinski definition) is 1. The maximum atomic E-state index is 6.09. The molecule has 1 aromatic heterocycles. The minimum absolute atomic E-state index is 0.724. The summed E-state index contributed by atoms with van der Waals surface area (Å²) < 4.78 is 2.21. The predicted octanol–water partition coefficient (Wildman–Crippen LogP) is 6.50. The van der Waals surface area contributed by atoms with Crippen LogP contribution in [0, 0.1) is 0 Å². The first kappa shape index (κ1) is 15.2. The molecule has 0 N–H and O–H groups in total. The summed E-state index contributed by atoms with van der Waals surface area (Å²) >= 11 is 6.09. The van der Waals surface area contributed by atoms with Gasteiger partial charge in [0.2, 0.25) is 0 Å². The quantitative estimate of drug-likeness (QED) is 0.354. The van der Waals surface area contributed by atoms with Crippen molar-refractivity contribution in [3.63, 3.8) is 0 Å². The molecule has 0 aliphatic carbocycles. The lowest BCUT2D eigenvalue weighted by Gasteiger charge is -2.09. The van der Waals surface area contributed by atoms with Crippen LogP contribution in [-0.4, -0.2) is 9.55 Å². The van der Waals surface area contributed by atoms with Gasteiger partial charge in [0, 0.05) is 21.7 Å². The summed E-state index contributed by atoms with van der Waals surface area (Å²) in [6.45, 7) is 0. The molecule has 1 heterocycles. The van der Waals surface area contributed by atoms with Crippen LogP contribution in [-0.2, 0) is 0 Å². The minimum atomic E-state index is 0.724. The van der Waals surface area contributed by atoms with Gasteiger partial charge in [-0.25, -0.2) is 4.98 Å². The molecule has 0 atom stereocenters. The molecule has 26 heavy (non-hydrogen) atoms. The van der Waals surface area contributed by atoms with Gasteiger partial charge >= 0.3 is 0 Å². The second-order valence-electron chi connectivity index (χ2n) is 6.27. The Bertz CT molecular complexity index is 1220. The SMILES string of the molecule is Clc1ccc(-c2nc3c4ccccc4ccc3n2-c2ccccc2)cc1. The third kappa shape index (κ3) is 2.39. The molecule has 5 aromatic rings. The molecular weight excluding hydrogens is 340 g/mol. The largest absolute Gasteiger partial charge is 0.292 e. The summed E-state index contributed by atoms with van der Waals surface area (Å²) in [5.74, 6) is 0.916. The van der Waals surface area contributed by atoms with Gasteiger partial charge in [-0.15, -0.1) is 0 Å². The third-order valence-electron chi connectivity index (χ3n) is 4.67. The molecule has 5 rings (SSSR count). The summed E-state index contributed by atoms with van der Waals surface area (Å²) in [7, 11) is 0. The maximum absolute atomic E-state index is 6.09. The van der Waals surface area contributed by atoms with Crippen LogP contribution in [0.15, 0.2) is 91.0 Å². The van der Waals surface area contributed by atoms with Crippen molar-refractivity contribution in [1.29, 1.82) is 0 Å². The minimum Gasteiger partial charge on any atom is -0.292 e. The molecule has 0 unspecified atom stereocenters. The van der Waals surface area contributed by atoms with E-state index in [0.29, 0.717) is 0 Å². The van der Waals surface area contributed by atoms with Gasteiger partial charge in [0.15, 0.2) is 0 Å². The highest BCUT2D eigenvalue weighted by Crippen LogP contribution is 2.33. The van der Waals surface area contributed by atoms with Gasteiger partial charge in [-0.3, -0.25) is 4.57 Å². The number of aromatic nitrogens is 2. The molecule has 124 valence electrons. The number of para-hydroxylation sites is 1. The van der Waals surface area contributed by atoms with Crippen LogP contribution in [0.1, 0.15) is 0 Å². The highest BCUT2D eigenvalue weighted by atomic mass is 35.5. The van der Waals surface area contributed by atoms with Gasteiger partial charge in [-0.1, -0.05) is 60.1 Å². The lowest BCUT2D eigenvalue weighted by Crippen LogP contribution is -1.97. The van der Waals surface area contributed by atoms with E-state index >= 15 is 0 Å². The van der Waals surface area contributed by atoms with E-state index in [-0.39, 0.29) is 0 Å². The normalized spacial score (nSPS) is 11.3. The molecule has 0 spiro atoms. The average Bonchev–Trinajstić information content (AvgIpc) is 3.09. The number of fused-ring (bicyclic) bond motifs is 3. The van der Waals surface area contributed by atoms with Gasteiger partial charge in [0.1, 0.15) is 5.82 Å². The number of hydrogen-bond donors (Lipinski definition) is 0. The predicted molar refractivity (Wildman–Crippen MR) is 109 cm³/mol. The van der Waals surface area contributed by atoms with E-state index in [2.05, 4.69) is 53.1 Å². The first-order valence-electron chi connectivity index (χ1n) is 8.53. The summed E-state index contributed by atoms with van der Waals surface area (Å²) in [4.78, 5) is 5.04. The van der Waals surface area contributed by atoms with Crippen LogP contribution in [0.2, 0.25) is 5.02 Å². The van der Waals surface area contributed by atoms with E-state index in [9.17, 15) is 0 Å². The Labute approximate surface area is 156 Å². The molecule has 0 aliphatic rings. The summed E-state index contributed by atoms with van der Waals surface area (Å²) in [5.41, 5.74) is 4.24. The van der Waals surface area contributed by atoms with Gasteiger partial charge in [-0.05, 0) is 47.9 Å². The molecule has 0 fully saturated rings. The second-order valence-corrected chi connectivity index (χ2v) is 6.70. The topological polar surface area (TPSA) is 17.8 Å². The Morgan fingerprint density at radius 2 is 1.42 bits per heavy atom. The molecule has 0 saturated heterocycles. The van der Waals surface area contributed by atoms with Crippen molar-refractivity contribution < 1.29 is 0 Å². The van der Waals surface area contributed by atoms with E-state index < -0.39 is 0 Å². The second kappa shape index (κ2) is 6.01. The number of benzene rings is 4. The molecule has 0 aliphatic heterocycles. The molecule has 4 aromatic carbocycles. The lowest BCUT2D eigenvalue weighted by molar-refractivity contribution is 1.10. The van der Waals surface area contributed by atoms with E-state index in [0.717, 1.165) is 38.5 Å². The van der Waals surface area contributed by atoms with E-state index in [1.54, 1.807) is 0 Å². The fraction of sp³-hybridized carbons (Fsp3) is 0. The highest BCUT2D eigenvalue weighted by molar-refractivity contribution is 6.30. The van der Waals surface area contributed by atoms with Crippen LogP contribution >= 0.6 is 11.6 Å². The van der Waals surface area contributed by atoms with Crippen molar-refractivity contribution in [2.45, 2.75) is 0 Å². The van der Waals surface area contributed by atoms with Crippen molar-refractivity contribution in [2.75, 3.05) is 0 Å². The zero-order valence-corrected chi connectivity index (χ0v) is 14.7. The highest BCUT2D eigenvalue weighted by Gasteiger charge is 2.16. The first-order chi connectivity index (χ1) is 12.8. The Hall–Kier alpha value is -3.10. The fourth-order valence-corrected chi connectivity index (χ4v) is 3.57. The molecular formula is C23H15ClN2. The lowest BCUT2D eigenvalue weighted by atomic mass is 10.1. The van der Waals surface area contributed by atoms with Crippen LogP contribution < -0.4 is 0 Å².